The molecule has 0 aliphatic rings. The van der Waals surface area contributed by atoms with Gasteiger partial charge >= 0.3 is 6.36 Å². The number of anilines is 2. The zero-order chi connectivity index (χ0) is 24.5. The van der Waals surface area contributed by atoms with E-state index >= 15 is 0 Å². The minimum atomic E-state index is -4.77. The molecule has 4 aromatic rings. The Bertz CT molecular complexity index is 1350. The number of ketones is 1. The van der Waals surface area contributed by atoms with Gasteiger partial charge in [-0.1, -0.05) is 11.3 Å². The molecule has 0 saturated carbocycles. The molecule has 0 aliphatic heterocycles. The molecular formula is C22H21F3N4O4S. The Labute approximate surface area is 196 Å². The van der Waals surface area contributed by atoms with Crippen molar-refractivity contribution in [2.75, 3.05) is 26.1 Å². The van der Waals surface area contributed by atoms with Crippen molar-refractivity contribution in [3.8, 4) is 11.5 Å². The number of halogens is 3. The molecule has 12 heteroatoms. The Morgan fingerprint density at radius 3 is 2.65 bits per heavy atom. The van der Waals surface area contributed by atoms with Gasteiger partial charge in [0.25, 0.3) is 0 Å². The number of carbonyl (C=O) groups is 1. The third-order valence-corrected chi connectivity index (χ3v) is 6.00. The molecule has 0 unspecified atom stereocenters. The number of carbonyl (C=O) groups excluding carboxylic acids is 1. The molecule has 0 bridgehead atoms. The van der Waals surface area contributed by atoms with Gasteiger partial charge in [0, 0.05) is 39.3 Å². The minimum Gasteiger partial charge on any atom is -0.496 e. The molecule has 0 radical (unpaired) electrons. The summed E-state index contributed by atoms with van der Waals surface area (Å²) >= 11 is 1.16. The van der Waals surface area contributed by atoms with E-state index in [1.165, 1.54) is 25.3 Å². The van der Waals surface area contributed by atoms with Crippen LogP contribution in [0.4, 0.5) is 24.3 Å². The summed E-state index contributed by atoms with van der Waals surface area (Å²) in [4.78, 5) is 21.6. The molecule has 34 heavy (non-hydrogen) atoms. The number of methoxy groups -OCH3 is 2. The number of fused-ring (bicyclic) bond motifs is 2. The highest BCUT2D eigenvalue weighted by atomic mass is 32.1. The molecule has 2 aromatic carbocycles. The molecule has 0 amide bonds. The van der Waals surface area contributed by atoms with E-state index in [4.69, 9.17) is 9.47 Å². The third-order valence-electron chi connectivity index (χ3n) is 5.07. The molecule has 0 atom stereocenters. The van der Waals surface area contributed by atoms with Crippen molar-refractivity contribution in [2.24, 2.45) is 7.05 Å². The lowest BCUT2D eigenvalue weighted by Gasteiger charge is -2.08. The van der Waals surface area contributed by atoms with Crippen LogP contribution in [0.3, 0.4) is 0 Å². The molecule has 8 nitrogen and oxygen atoms in total. The number of Topliss-reactive ketones (excluding diaryl/α,β-unsaturated/α-hetero) is 1. The van der Waals surface area contributed by atoms with E-state index in [0.717, 1.165) is 16.9 Å². The molecule has 4 rings (SSSR count). The van der Waals surface area contributed by atoms with E-state index in [0.29, 0.717) is 57.6 Å². The number of aromatic nitrogens is 3. The number of thiazole rings is 1. The van der Waals surface area contributed by atoms with Gasteiger partial charge in [-0.2, -0.15) is 0 Å². The van der Waals surface area contributed by atoms with Gasteiger partial charge in [-0.05, 0) is 24.6 Å². The first-order chi connectivity index (χ1) is 16.2. The minimum absolute atomic E-state index is 0.0704. The largest absolute Gasteiger partial charge is 0.573 e. The van der Waals surface area contributed by atoms with E-state index in [1.54, 1.807) is 30.9 Å². The SMILES string of the molecule is COCCCC(=O)c1cc2nc(Nc3nc4ccc(OC(F)(F)F)cc4s3)n(C)c2cc1OC. The predicted molar refractivity (Wildman–Crippen MR) is 122 cm³/mol. The van der Waals surface area contributed by atoms with Crippen molar-refractivity contribution in [3.63, 3.8) is 0 Å². The number of alkyl halides is 3. The van der Waals surface area contributed by atoms with Gasteiger partial charge < -0.3 is 24.1 Å². The molecule has 2 aromatic heterocycles. The van der Waals surface area contributed by atoms with Crippen LogP contribution in [0.5, 0.6) is 11.5 Å². The van der Waals surface area contributed by atoms with Crippen LogP contribution in [-0.4, -0.2) is 47.5 Å². The summed E-state index contributed by atoms with van der Waals surface area (Å²) in [6, 6.07) is 7.39. The van der Waals surface area contributed by atoms with Gasteiger partial charge in [0.1, 0.15) is 11.5 Å². The molecule has 180 valence electrons. The van der Waals surface area contributed by atoms with Gasteiger partial charge in [-0.25, -0.2) is 9.97 Å². The van der Waals surface area contributed by atoms with Crippen LogP contribution >= 0.6 is 11.3 Å². The van der Waals surface area contributed by atoms with Gasteiger partial charge in [0.15, 0.2) is 10.9 Å². The monoisotopic (exact) mass is 494 g/mol. The Morgan fingerprint density at radius 1 is 1.15 bits per heavy atom. The maximum Gasteiger partial charge on any atom is 0.573 e. The molecule has 2 heterocycles. The van der Waals surface area contributed by atoms with E-state index in [1.807, 2.05) is 0 Å². The number of ether oxygens (including phenoxy) is 3. The summed E-state index contributed by atoms with van der Waals surface area (Å²) in [5.74, 6) is 0.514. The Balaban J connectivity index is 1.62. The standard InChI is InChI=1S/C22H21F3N4O4S/c1-29-16-11-18(32-3)13(17(30)5-4-8-31-2)10-15(16)26-20(29)28-21-27-14-7-6-12(9-19(14)34-21)33-22(23,24)25/h6-7,9-11H,4-5,8H2,1-3H3,(H,26,27,28). The van der Waals surface area contributed by atoms with Crippen molar-refractivity contribution in [3.05, 3.63) is 35.9 Å². The third kappa shape index (κ3) is 5.07. The normalized spacial score (nSPS) is 11.8. The summed E-state index contributed by atoms with van der Waals surface area (Å²) in [6.07, 6.45) is -3.85. The van der Waals surface area contributed by atoms with Crippen molar-refractivity contribution in [1.29, 1.82) is 0 Å². The molecule has 1 N–H and O–H groups in total. The van der Waals surface area contributed by atoms with Gasteiger partial charge in [0.05, 0.1) is 33.9 Å². The summed E-state index contributed by atoms with van der Waals surface area (Å²) in [7, 11) is 4.88. The first kappa shape index (κ1) is 23.8. The van der Waals surface area contributed by atoms with Gasteiger partial charge in [0.2, 0.25) is 5.95 Å². The summed E-state index contributed by atoms with van der Waals surface area (Å²) in [5.41, 5.74) is 2.27. The number of nitrogens with zero attached hydrogens (tertiary/aromatic N) is 3. The van der Waals surface area contributed by atoms with E-state index < -0.39 is 6.36 Å². The first-order valence-electron chi connectivity index (χ1n) is 10.2. The number of nitrogens with one attached hydrogen (secondary N) is 1. The highest BCUT2D eigenvalue weighted by molar-refractivity contribution is 7.22. The van der Waals surface area contributed by atoms with Gasteiger partial charge in [-0.15, -0.1) is 13.2 Å². The molecular weight excluding hydrogens is 473 g/mol. The molecule has 0 spiro atoms. The highest BCUT2D eigenvalue weighted by Crippen LogP contribution is 2.34. The van der Waals surface area contributed by atoms with Crippen LogP contribution < -0.4 is 14.8 Å². The second-order valence-electron chi connectivity index (χ2n) is 7.38. The van der Waals surface area contributed by atoms with E-state index in [9.17, 15) is 18.0 Å². The first-order valence-corrected chi connectivity index (χ1v) is 11.0. The maximum absolute atomic E-state index is 12.7. The highest BCUT2D eigenvalue weighted by Gasteiger charge is 2.31. The second-order valence-corrected chi connectivity index (χ2v) is 8.41. The number of imidazole rings is 1. The Morgan fingerprint density at radius 2 is 1.94 bits per heavy atom. The van der Waals surface area contributed by atoms with Crippen molar-refractivity contribution in [1.82, 2.24) is 14.5 Å². The smallest absolute Gasteiger partial charge is 0.496 e. The number of benzene rings is 2. The quantitative estimate of drug-likeness (QED) is 0.245. The fraction of sp³-hybridized carbons (Fsp3) is 0.318. The molecule has 0 saturated heterocycles. The lowest BCUT2D eigenvalue weighted by Crippen LogP contribution is -2.16. The van der Waals surface area contributed by atoms with Crippen LogP contribution in [-0.2, 0) is 11.8 Å². The number of hydrogen-bond acceptors (Lipinski definition) is 8. The molecule has 0 aliphatic carbocycles. The van der Waals surface area contributed by atoms with Crippen molar-refractivity contribution < 1.29 is 32.2 Å². The predicted octanol–water partition coefficient (Wildman–Crippen LogP) is 5.44. The maximum atomic E-state index is 12.7. The fourth-order valence-corrected chi connectivity index (χ4v) is 4.37. The number of hydrogen-bond donors (Lipinski definition) is 1. The van der Waals surface area contributed by atoms with Crippen LogP contribution in [0.15, 0.2) is 30.3 Å². The van der Waals surface area contributed by atoms with E-state index in [-0.39, 0.29) is 11.5 Å². The van der Waals surface area contributed by atoms with Crippen molar-refractivity contribution in [2.45, 2.75) is 19.2 Å². The van der Waals surface area contributed by atoms with Gasteiger partial charge in [-0.3, -0.25) is 4.79 Å². The van der Waals surface area contributed by atoms with Crippen LogP contribution in [0.2, 0.25) is 0 Å². The van der Waals surface area contributed by atoms with Crippen molar-refractivity contribution >= 4 is 49.4 Å². The topological polar surface area (TPSA) is 87.5 Å². The number of rotatable bonds is 9. The zero-order valence-electron chi connectivity index (χ0n) is 18.5. The zero-order valence-corrected chi connectivity index (χ0v) is 19.3. The lowest BCUT2D eigenvalue weighted by molar-refractivity contribution is -0.274. The van der Waals surface area contributed by atoms with E-state index in [2.05, 4.69) is 20.0 Å². The fourth-order valence-electron chi connectivity index (χ4n) is 3.48. The lowest BCUT2D eigenvalue weighted by atomic mass is 10.0. The Hall–Kier alpha value is -3.38. The summed E-state index contributed by atoms with van der Waals surface area (Å²) in [5, 5.41) is 3.55. The second kappa shape index (κ2) is 9.47. The summed E-state index contributed by atoms with van der Waals surface area (Å²) < 4.78 is 54.2. The summed E-state index contributed by atoms with van der Waals surface area (Å²) in [6.45, 7) is 0.486. The molecule has 0 fully saturated rings. The van der Waals surface area contributed by atoms with Crippen LogP contribution in [0.25, 0.3) is 21.3 Å². The average Bonchev–Trinajstić information content (AvgIpc) is 3.31. The number of aryl methyl sites for hydroxylation is 1. The Kier molecular flexibility index (Phi) is 6.62. The van der Waals surface area contributed by atoms with Crippen LogP contribution in [0, 0.1) is 0 Å². The average molecular weight is 494 g/mol. The van der Waals surface area contributed by atoms with Crippen LogP contribution in [0.1, 0.15) is 23.2 Å².